The number of pyridine rings is 2. The van der Waals surface area contributed by atoms with Gasteiger partial charge < -0.3 is 18.9 Å². The summed E-state index contributed by atoms with van der Waals surface area (Å²) in [7, 11) is 1.54. The van der Waals surface area contributed by atoms with Gasteiger partial charge in [0.25, 0.3) is 0 Å². The number of thioether (sulfide) groups is 1. The van der Waals surface area contributed by atoms with Crippen LogP contribution in [-0.4, -0.2) is 62.4 Å². The van der Waals surface area contributed by atoms with E-state index in [2.05, 4.69) is 20.3 Å². The second-order valence-corrected chi connectivity index (χ2v) is 12.2. The minimum Gasteiger partial charge on any atom is -0.375 e. The molecule has 9 nitrogen and oxygen atoms in total. The number of aromatic nitrogens is 5. The van der Waals surface area contributed by atoms with E-state index in [1.165, 1.54) is 22.6 Å². The van der Waals surface area contributed by atoms with Crippen LogP contribution in [-0.2, 0) is 18.9 Å². The lowest BCUT2D eigenvalue weighted by Gasteiger charge is -2.48. The van der Waals surface area contributed by atoms with Crippen molar-refractivity contribution in [3.8, 4) is 22.6 Å². The average Bonchev–Trinajstić information content (AvgIpc) is 3.57. The number of ether oxygens (including phenoxy) is 4. The molecule has 5 aromatic rings. The van der Waals surface area contributed by atoms with Crippen molar-refractivity contribution in [2.24, 2.45) is 0 Å². The van der Waals surface area contributed by atoms with Crippen molar-refractivity contribution in [3.63, 3.8) is 0 Å². The first kappa shape index (κ1) is 30.8. The van der Waals surface area contributed by atoms with Crippen LogP contribution >= 0.6 is 23.4 Å². The normalized spacial score (nSPS) is 24.5. The molecule has 3 aromatic heterocycles. The maximum atomic E-state index is 14.1. The predicted molar refractivity (Wildman–Crippen MR) is 162 cm³/mol. The molecule has 2 aliphatic rings. The van der Waals surface area contributed by atoms with Gasteiger partial charge in [-0.25, -0.2) is 17.9 Å². The predicted octanol–water partition coefficient (Wildman–Crippen LogP) is 6.66. The van der Waals surface area contributed by atoms with Crippen molar-refractivity contribution in [2.75, 3.05) is 13.7 Å². The van der Waals surface area contributed by atoms with Crippen LogP contribution in [0.2, 0.25) is 5.02 Å². The summed E-state index contributed by atoms with van der Waals surface area (Å²) in [5.41, 5.74) is 1.56. The van der Waals surface area contributed by atoms with Crippen molar-refractivity contribution in [1.29, 1.82) is 0 Å². The Morgan fingerprint density at radius 1 is 0.957 bits per heavy atom. The zero-order valence-corrected chi connectivity index (χ0v) is 25.6. The van der Waals surface area contributed by atoms with E-state index in [1.54, 1.807) is 25.6 Å². The van der Waals surface area contributed by atoms with Crippen LogP contribution in [0.3, 0.4) is 0 Å². The molecule has 46 heavy (non-hydrogen) atoms. The molecule has 2 saturated heterocycles. The SMILES string of the molecule is COC1C(n2cc(-c3cc(F)c(F)c(F)c3)nn2)[C@H]2OC(c3ccccc3)OCC2O[C@@H]1Sc1cc(Cl)cnc1-c1ccccn1. The molecule has 2 fully saturated rings. The van der Waals surface area contributed by atoms with Crippen LogP contribution in [0.25, 0.3) is 22.6 Å². The van der Waals surface area contributed by atoms with E-state index in [4.69, 9.17) is 30.5 Å². The van der Waals surface area contributed by atoms with Crippen LogP contribution in [0, 0.1) is 17.5 Å². The van der Waals surface area contributed by atoms with Crippen molar-refractivity contribution in [2.45, 2.75) is 41.0 Å². The molecule has 236 valence electrons. The summed E-state index contributed by atoms with van der Waals surface area (Å²) < 4.78 is 68.7. The Labute approximate surface area is 270 Å². The summed E-state index contributed by atoms with van der Waals surface area (Å²) in [5, 5.41) is 8.91. The number of benzene rings is 2. The van der Waals surface area contributed by atoms with E-state index < -0.39 is 53.5 Å². The third-order valence-electron chi connectivity index (χ3n) is 7.72. The number of rotatable bonds is 7. The Kier molecular flexibility index (Phi) is 8.77. The fraction of sp³-hybridized carbons (Fsp3) is 0.250. The lowest BCUT2D eigenvalue weighted by molar-refractivity contribution is -0.308. The van der Waals surface area contributed by atoms with Gasteiger partial charge in [-0.1, -0.05) is 65.0 Å². The first-order chi connectivity index (χ1) is 22.4. The Balaban J connectivity index is 1.27. The monoisotopic (exact) mass is 667 g/mol. The molecular formula is C32H25ClF3N5O4S. The second-order valence-electron chi connectivity index (χ2n) is 10.6. The van der Waals surface area contributed by atoms with Gasteiger partial charge in [-0.3, -0.25) is 9.97 Å². The van der Waals surface area contributed by atoms with Gasteiger partial charge in [0.2, 0.25) is 0 Å². The zero-order valence-electron chi connectivity index (χ0n) is 24.0. The van der Waals surface area contributed by atoms with Crippen LogP contribution in [0.4, 0.5) is 13.2 Å². The smallest absolute Gasteiger partial charge is 0.194 e. The number of nitrogens with zero attached hydrogens (tertiary/aromatic N) is 5. The molecule has 14 heteroatoms. The summed E-state index contributed by atoms with van der Waals surface area (Å²) in [6.07, 6.45) is 2.12. The standard InChI is InChI=1S/C32H25ClF3N5O4S/c1-42-30-28(41-15-23(39-40-41)18-11-20(34)26(36)21(35)12-18)29-24(16-43-31(45-29)17-7-3-2-4-8-17)44-32(30)46-25-13-19(33)14-38-27(25)22-9-5-6-10-37-22/h2-15,24,28-32H,16H2,1H3/t24?,28?,29-,30?,31?,32+/m0/s1. The molecule has 2 aliphatic heterocycles. The van der Waals surface area contributed by atoms with Gasteiger partial charge >= 0.3 is 0 Å². The highest BCUT2D eigenvalue weighted by Crippen LogP contribution is 2.46. The number of fused-ring (bicyclic) bond motifs is 1. The van der Waals surface area contributed by atoms with Gasteiger partial charge in [-0.05, 0) is 30.3 Å². The molecule has 0 spiro atoms. The molecule has 0 saturated carbocycles. The van der Waals surface area contributed by atoms with Gasteiger partial charge in [-0.2, -0.15) is 0 Å². The highest BCUT2D eigenvalue weighted by Gasteiger charge is 2.52. The molecule has 0 amide bonds. The van der Waals surface area contributed by atoms with Crippen LogP contribution in [0.15, 0.2) is 90.2 Å². The third-order valence-corrected chi connectivity index (χ3v) is 9.10. The summed E-state index contributed by atoms with van der Waals surface area (Å²) in [6.45, 7) is 0.186. The minimum atomic E-state index is -1.56. The summed E-state index contributed by atoms with van der Waals surface area (Å²) in [5.74, 6) is -4.23. The lowest BCUT2D eigenvalue weighted by atomic mass is 9.95. The zero-order chi connectivity index (χ0) is 31.8. The maximum absolute atomic E-state index is 14.1. The minimum absolute atomic E-state index is 0.0196. The van der Waals surface area contributed by atoms with Gasteiger partial charge in [0.15, 0.2) is 23.7 Å². The highest BCUT2D eigenvalue weighted by atomic mass is 35.5. The van der Waals surface area contributed by atoms with E-state index in [0.29, 0.717) is 21.3 Å². The van der Waals surface area contributed by atoms with E-state index in [1.807, 2.05) is 48.5 Å². The second kappa shape index (κ2) is 13.1. The van der Waals surface area contributed by atoms with E-state index >= 15 is 0 Å². The molecular weight excluding hydrogens is 643 g/mol. The summed E-state index contributed by atoms with van der Waals surface area (Å²) in [4.78, 5) is 9.70. The molecule has 0 bridgehead atoms. The Morgan fingerprint density at radius 2 is 1.74 bits per heavy atom. The van der Waals surface area contributed by atoms with Gasteiger partial charge in [0, 0.05) is 35.5 Å². The number of hydrogen-bond acceptors (Lipinski definition) is 9. The highest BCUT2D eigenvalue weighted by molar-refractivity contribution is 8.00. The fourth-order valence-corrected chi connectivity index (χ4v) is 7.12. The first-order valence-corrected chi connectivity index (χ1v) is 15.5. The van der Waals surface area contributed by atoms with Crippen molar-refractivity contribution in [3.05, 3.63) is 113 Å². The Bertz CT molecular complexity index is 1820. The Hall–Kier alpha value is -3.85. The number of halogens is 4. The van der Waals surface area contributed by atoms with Gasteiger partial charge in [0.1, 0.15) is 41.2 Å². The molecule has 7 rings (SSSR count). The number of hydrogen-bond donors (Lipinski definition) is 0. The molecule has 0 aliphatic carbocycles. The van der Waals surface area contributed by atoms with Crippen LogP contribution in [0.5, 0.6) is 0 Å². The van der Waals surface area contributed by atoms with Gasteiger partial charge in [0.05, 0.1) is 23.5 Å². The van der Waals surface area contributed by atoms with Gasteiger partial charge in [-0.15, -0.1) is 5.10 Å². The molecule has 5 heterocycles. The van der Waals surface area contributed by atoms with E-state index in [9.17, 15) is 13.2 Å². The topological polar surface area (TPSA) is 93.4 Å². The molecule has 0 radical (unpaired) electrons. The third kappa shape index (κ3) is 6.01. The largest absolute Gasteiger partial charge is 0.375 e. The Morgan fingerprint density at radius 3 is 2.48 bits per heavy atom. The summed E-state index contributed by atoms with van der Waals surface area (Å²) in [6, 6.07) is 17.8. The molecule has 4 unspecified atom stereocenters. The molecule has 6 atom stereocenters. The van der Waals surface area contributed by atoms with Crippen molar-refractivity contribution in [1.82, 2.24) is 25.0 Å². The fourth-order valence-electron chi connectivity index (χ4n) is 5.58. The lowest BCUT2D eigenvalue weighted by Crippen LogP contribution is -2.59. The van der Waals surface area contributed by atoms with E-state index in [0.717, 1.165) is 17.7 Å². The molecule has 2 aromatic carbocycles. The number of methoxy groups -OCH3 is 1. The van der Waals surface area contributed by atoms with Crippen LogP contribution < -0.4 is 0 Å². The van der Waals surface area contributed by atoms with E-state index in [-0.39, 0.29) is 17.9 Å². The van der Waals surface area contributed by atoms with Crippen molar-refractivity contribution < 1.29 is 32.1 Å². The average molecular weight is 668 g/mol. The summed E-state index contributed by atoms with van der Waals surface area (Å²) >= 11 is 7.73. The quantitative estimate of drug-likeness (QED) is 0.177. The maximum Gasteiger partial charge on any atom is 0.194 e. The first-order valence-electron chi connectivity index (χ1n) is 14.2. The van der Waals surface area contributed by atoms with Crippen LogP contribution in [0.1, 0.15) is 17.9 Å². The molecule has 0 N–H and O–H groups in total. The van der Waals surface area contributed by atoms with Crippen molar-refractivity contribution >= 4 is 23.4 Å².